The minimum absolute atomic E-state index is 0.0947. The average molecular weight is 322 g/mol. The maximum Gasteiger partial charge on any atom is 0.211 e. The summed E-state index contributed by atoms with van der Waals surface area (Å²) >= 11 is 0. The number of carbonyl (C=O) groups is 1. The quantitative estimate of drug-likeness (QED) is 0.857. The zero-order valence-corrected chi connectivity index (χ0v) is 13.4. The van der Waals surface area contributed by atoms with E-state index in [1.807, 2.05) is 48.5 Å². The second-order valence-corrected chi connectivity index (χ2v) is 6.16. The van der Waals surface area contributed by atoms with E-state index in [0.29, 0.717) is 6.41 Å². The maximum absolute atomic E-state index is 10.9. The molecule has 1 saturated carbocycles. The molecule has 1 aliphatic carbocycles. The summed E-state index contributed by atoms with van der Waals surface area (Å²) in [5, 5.41) is 7.15. The monoisotopic (exact) mass is 322 g/mol. The Morgan fingerprint density at radius 1 is 1.21 bits per heavy atom. The molecule has 1 heterocycles. The standard InChI is InChI=1S/C19H18N2O3/c1-23-14-8-6-13(7-9-14)18-19(10-11-19)17(21-24-18)15-4-2-3-5-16(15)20-12-22/h2-9,12,18H,10-11H2,1H3,(H,20,22). The molecule has 1 N–H and O–H groups in total. The van der Waals surface area contributed by atoms with Crippen LogP contribution in [0.2, 0.25) is 0 Å². The average Bonchev–Trinajstić information content (AvgIpc) is 3.32. The summed E-state index contributed by atoms with van der Waals surface area (Å²) in [7, 11) is 1.65. The predicted octanol–water partition coefficient (Wildman–Crippen LogP) is 3.52. The Kier molecular flexibility index (Phi) is 3.49. The van der Waals surface area contributed by atoms with Crippen molar-refractivity contribution in [2.75, 3.05) is 12.4 Å². The normalized spacial score (nSPS) is 20.2. The second kappa shape index (κ2) is 5.67. The van der Waals surface area contributed by atoms with Gasteiger partial charge in [-0.1, -0.05) is 35.5 Å². The van der Waals surface area contributed by atoms with Crippen LogP contribution in [-0.2, 0) is 9.63 Å². The molecule has 122 valence electrons. The lowest BCUT2D eigenvalue weighted by Crippen LogP contribution is -2.20. The molecule has 2 aromatic rings. The van der Waals surface area contributed by atoms with Gasteiger partial charge in [-0.25, -0.2) is 0 Å². The molecule has 0 bridgehead atoms. The molecule has 1 fully saturated rings. The first kappa shape index (κ1) is 14.8. The highest BCUT2D eigenvalue weighted by molar-refractivity contribution is 6.11. The van der Waals surface area contributed by atoms with Crippen LogP contribution in [0.25, 0.3) is 0 Å². The van der Waals surface area contributed by atoms with E-state index < -0.39 is 0 Å². The first-order valence-electron chi connectivity index (χ1n) is 7.96. The number of amides is 1. The minimum Gasteiger partial charge on any atom is -0.497 e. The zero-order chi connectivity index (χ0) is 16.6. The summed E-state index contributed by atoms with van der Waals surface area (Å²) in [5.41, 5.74) is 3.60. The Bertz CT molecular complexity index is 795. The van der Waals surface area contributed by atoms with E-state index in [0.717, 1.165) is 41.1 Å². The number of ether oxygens (including phenoxy) is 1. The van der Waals surface area contributed by atoms with Gasteiger partial charge in [0.25, 0.3) is 0 Å². The van der Waals surface area contributed by atoms with Crippen molar-refractivity contribution in [1.29, 1.82) is 0 Å². The number of rotatable bonds is 5. The van der Waals surface area contributed by atoms with Crippen molar-refractivity contribution in [2.45, 2.75) is 18.9 Å². The van der Waals surface area contributed by atoms with E-state index in [-0.39, 0.29) is 11.5 Å². The van der Waals surface area contributed by atoms with Crippen molar-refractivity contribution < 1.29 is 14.4 Å². The Hall–Kier alpha value is -2.82. The third-order valence-electron chi connectivity index (χ3n) is 4.83. The Balaban J connectivity index is 1.67. The molecule has 1 atom stereocenters. The molecule has 0 radical (unpaired) electrons. The van der Waals surface area contributed by atoms with Crippen LogP contribution in [-0.4, -0.2) is 19.2 Å². The van der Waals surface area contributed by atoms with Gasteiger partial charge in [0.1, 0.15) is 5.75 Å². The van der Waals surface area contributed by atoms with Crippen molar-refractivity contribution in [3.8, 4) is 5.75 Å². The number of hydrogen-bond acceptors (Lipinski definition) is 4. The number of methoxy groups -OCH3 is 1. The van der Waals surface area contributed by atoms with Crippen molar-refractivity contribution in [3.05, 3.63) is 59.7 Å². The number of para-hydroxylation sites is 1. The summed E-state index contributed by atoms with van der Waals surface area (Å²) in [4.78, 5) is 16.7. The lowest BCUT2D eigenvalue weighted by molar-refractivity contribution is -0.105. The number of oxime groups is 1. The smallest absolute Gasteiger partial charge is 0.211 e. The van der Waals surface area contributed by atoms with Gasteiger partial charge < -0.3 is 14.9 Å². The van der Waals surface area contributed by atoms with Gasteiger partial charge in [0, 0.05) is 11.3 Å². The van der Waals surface area contributed by atoms with Crippen LogP contribution < -0.4 is 10.1 Å². The van der Waals surface area contributed by atoms with E-state index in [4.69, 9.17) is 9.57 Å². The fourth-order valence-electron chi connectivity index (χ4n) is 3.41. The van der Waals surface area contributed by atoms with Crippen LogP contribution in [0.3, 0.4) is 0 Å². The summed E-state index contributed by atoms with van der Waals surface area (Å²) in [6.07, 6.45) is 2.65. The molecule has 5 nitrogen and oxygen atoms in total. The molecule has 1 amide bonds. The highest BCUT2D eigenvalue weighted by Crippen LogP contribution is 2.62. The molecule has 24 heavy (non-hydrogen) atoms. The van der Waals surface area contributed by atoms with E-state index >= 15 is 0 Å². The number of nitrogens with zero attached hydrogens (tertiary/aromatic N) is 1. The van der Waals surface area contributed by atoms with Gasteiger partial charge in [-0.05, 0) is 36.6 Å². The van der Waals surface area contributed by atoms with E-state index in [9.17, 15) is 4.79 Å². The van der Waals surface area contributed by atoms with Gasteiger partial charge in [0.05, 0.1) is 18.2 Å². The highest BCUT2D eigenvalue weighted by Gasteiger charge is 2.60. The topological polar surface area (TPSA) is 59.9 Å². The van der Waals surface area contributed by atoms with Crippen molar-refractivity contribution in [1.82, 2.24) is 0 Å². The summed E-state index contributed by atoms with van der Waals surface area (Å²) in [6.45, 7) is 0. The van der Waals surface area contributed by atoms with Gasteiger partial charge in [-0.3, -0.25) is 4.79 Å². The Morgan fingerprint density at radius 3 is 2.62 bits per heavy atom. The fourth-order valence-corrected chi connectivity index (χ4v) is 3.41. The number of hydrogen-bond donors (Lipinski definition) is 1. The van der Waals surface area contributed by atoms with Gasteiger partial charge in [-0.15, -0.1) is 0 Å². The Morgan fingerprint density at radius 2 is 1.96 bits per heavy atom. The number of benzene rings is 2. The molecule has 2 aliphatic rings. The molecular formula is C19H18N2O3. The lowest BCUT2D eigenvalue weighted by atomic mass is 9.85. The van der Waals surface area contributed by atoms with Crippen LogP contribution >= 0.6 is 0 Å². The number of anilines is 1. The third-order valence-corrected chi connectivity index (χ3v) is 4.83. The van der Waals surface area contributed by atoms with Gasteiger partial charge in [0.15, 0.2) is 6.10 Å². The molecule has 1 aliphatic heterocycles. The Labute approximate surface area is 140 Å². The van der Waals surface area contributed by atoms with Crippen LogP contribution in [0.15, 0.2) is 53.7 Å². The van der Waals surface area contributed by atoms with Crippen molar-refractivity contribution >= 4 is 17.8 Å². The van der Waals surface area contributed by atoms with Gasteiger partial charge in [0.2, 0.25) is 6.41 Å². The first-order chi connectivity index (χ1) is 11.8. The predicted molar refractivity (Wildman–Crippen MR) is 91.2 cm³/mol. The lowest BCUT2D eigenvalue weighted by Gasteiger charge is -2.19. The van der Waals surface area contributed by atoms with Gasteiger partial charge in [-0.2, -0.15) is 0 Å². The molecule has 4 rings (SSSR count). The van der Waals surface area contributed by atoms with E-state index in [1.54, 1.807) is 7.11 Å². The van der Waals surface area contributed by atoms with Crippen molar-refractivity contribution in [2.24, 2.45) is 10.6 Å². The molecule has 2 aromatic carbocycles. The summed E-state index contributed by atoms with van der Waals surface area (Å²) in [5.74, 6) is 0.822. The van der Waals surface area contributed by atoms with Crippen LogP contribution in [0.1, 0.15) is 30.1 Å². The SMILES string of the molecule is COc1ccc(C2ON=C(c3ccccc3NC=O)C23CC3)cc1. The fraction of sp³-hybridized carbons (Fsp3) is 0.263. The second-order valence-electron chi connectivity index (χ2n) is 6.16. The summed E-state index contributed by atoms with van der Waals surface area (Å²) < 4.78 is 5.22. The van der Waals surface area contributed by atoms with Gasteiger partial charge >= 0.3 is 0 Å². The van der Waals surface area contributed by atoms with Crippen LogP contribution in [0.4, 0.5) is 5.69 Å². The summed E-state index contributed by atoms with van der Waals surface area (Å²) in [6, 6.07) is 15.6. The van der Waals surface area contributed by atoms with E-state index in [2.05, 4.69) is 10.5 Å². The molecule has 5 heteroatoms. The molecule has 1 spiro atoms. The van der Waals surface area contributed by atoms with Crippen molar-refractivity contribution in [3.63, 3.8) is 0 Å². The molecule has 1 unspecified atom stereocenters. The zero-order valence-electron chi connectivity index (χ0n) is 13.4. The number of nitrogens with one attached hydrogen (secondary N) is 1. The largest absolute Gasteiger partial charge is 0.497 e. The molecule has 0 saturated heterocycles. The first-order valence-corrected chi connectivity index (χ1v) is 7.96. The molecule has 0 aromatic heterocycles. The van der Waals surface area contributed by atoms with E-state index in [1.165, 1.54) is 0 Å². The maximum atomic E-state index is 10.9. The van der Waals surface area contributed by atoms with Crippen LogP contribution in [0.5, 0.6) is 5.75 Å². The minimum atomic E-state index is -0.102. The third kappa shape index (κ3) is 2.24. The molecular weight excluding hydrogens is 304 g/mol. The van der Waals surface area contributed by atoms with Crippen LogP contribution in [0, 0.1) is 5.41 Å². The number of carbonyl (C=O) groups excluding carboxylic acids is 1. The highest BCUT2D eigenvalue weighted by atomic mass is 16.6.